The Hall–Kier alpha value is -3.49. The highest BCUT2D eigenvalue weighted by molar-refractivity contribution is 9.10. The van der Waals surface area contributed by atoms with Gasteiger partial charge >= 0.3 is 0 Å². The van der Waals surface area contributed by atoms with Crippen LogP contribution in [0.2, 0.25) is 0 Å². The second kappa shape index (κ2) is 9.31. The van der Waals surface area contributed by atoms with E-state index in [-0.39, 0.29) is 0 Å². The van der Waals surface area contributed by atoms with Gasteiger partial charge in [-0.3, -0.25) is 0 Å². The maximum absolute atomic E-state index is 4.94. The summed E-state index contributed by atoms with van der Waals surface area (Å²) in [5, 5.41) is 2.07. The van der Waals surface area contributed by atoms with Gasteiger partial charge in [0.05, 0.1) is 31.8 Å². The first-order valence-electron chi connectivity index (χ1n) is 12.4. The first kappa shape index (κ1) is 23.4. The third-order valence-electron chi connectivity index (χ3n) is 6.79. The third kappa shape index (κ3) is 4.08. The van der Waals surface area contributed by atoms with Crippen molar-refractivity contribution in [3.8, 4) is 21.1 Å². The maximum Gasteiger partial charge on any atom is 0.124 e. The van der Waals surface area contributed by atoms with Crippen LogP contribution < -0.4 is 4.90 Å². The average molecular weight is 621 g/mol. The predicted molar refractivity (Wildman–Crippen MR) is 170 cm³/mol. The van der Waals surface area contributed by atoms with Gasteiger partial charge in [0.1, 0.15) is 10.0 Å². The summed E-state index contributed by atoms with van der Waals surface area (Å²) in [4.78, 5) is 14.7. The van der Waals surface area contributed by atoms with Gasteiger partial charge in [-0.2, -0.15) is 0 Å². The summed E-state index contributed by atoms with van der Waals surface area (Å²) in [6.07, 6.45) is 0. The van der Waals surface area contributed by atoms with Crippen LogP contribution in [0.5, 0.6) is 0 Å². The zero-order valence-electron chi connectivity index (χ0n) is 20.3. The quantitative estimate of drug-likeness (QED) is 0.197. The minimum atomic E-state index is 1.04. The number of aromatic nitrogens is 2. The Morgan fingerprint density at radius 2 is 1.08 bits per heavy atom. The molecule has 0 radical (unpaired) electrons. The Morgan fingerprint density at radius 1 is 0.564 bits per heavy atom. The fourth-order valence-electron chi connectivity index (χ4n) is 4.93. The van der Waals surface area contributed by atoms with Gasteiger partial charge in [-0.25, -0.2) is 9.97 Å². The molecule has 3 nitrogen and oxygen atoms in total. The van der Waals surface area contributed by atoms with E-state index in [0.29, 0.717) is 0 Å². The molecule has 0 unspecified atom stereocenters. The minimum Gasteiger partial charge on any atom is -0.308 e. The summed E-state index contributed by atoms with van der Waals surface area (Å²) < 4.78 is 3.47. The van der Waals surface area contributed by atoms with Crippen LogP contribution >= 0.6 is 50.4 Å². The number of anilines is 3. The van der Waals surface area contributed by atoms with E-state index in [1.54, 1.807) is 22.7 Å². The molecule has 2 aromatic heterocycles. The molecular weight excluding hydrogens is 602 g/mol. The lowest BCUT2D eigenvalue weighted by Gasteiger charge is -2.33. The maximum atomic E-state index is 4.94. The highest BCUT2D eigenvalue weighted by Gasteiger charge is 2.27. The highest BCUT2D eigenvalue weighted by atomic mass is 79.9. The van der Waals surface area contributed by atoms with Gasteiger partial charge in [0.15, 0.2) is 0 Å². The van der Waals surface area contributed by atoms with Crippen LogP contribution in [0.4, 0.5) is 17.1 Å². The van der Waals surface area contributed by atoms with E-state index in [2.05, 4.69) is 118 Å². The van der Waals surface area contributed by atoms with Crippen molar-refractivity contribution in [2.45, 2.75) is 9.79 Å². The average Bonchev–Trinajstić information content (AvgIpc) is 3.61. The molecular formula is C32H18BrN3S3. The van der Waals surface area contributed by atoms with Crippen molar-refractivity contribution in [3.63, 3.8) is 0 Å². The summed E-state index contributed by atoms with van der Waals surface area (Å²) in [7, 11) is 0. The lowest BCUT2D eigenvalue weighted by Crippen LogP contribution is -2.15. The van der Waals surface area contributed by atoms with Gasteiger partial charge in [-0.1, -0.05) is 64.1 Å². The van der Waals surface area contributed by atoms with Crippen molar-refractivity contribution in [2.75, 3.05) is 4.90 Å². The van der Waals surface area contributed by atoms with Gasteiger partial charge in [0, 0.05) is 31.1 Å². The number of halogens is 1. The number of fused-ring (bicyclic) bond motifs is 4. The molecule has 5 aromatic carbocycles. The molecule has 0 fully saturated rings. The van der Waals surface area contributed by atoms with Gasteiger partial charge < -0.3 is 4.90 Å². The van der Waals surface area contributed by atoms with Crippen molar-refractivity contribution in [1.82, 2.24) is 9.97 Å². The van der Waals surface area contributed by atoms with Crippen LogP contribution in [0.15, 0.2) is 123 Å². The topological polar surface area (TPSA) is 29.0 Å². The molecule has 7 heteroatoms. The number of hydrogen-bond donors (Lipinski definition) is 0. The molecule has 0 amide bonds. The smallest absolute Gasteiger partial charge is 0.124 e. The van der Waals surface area contributed by atoms with Crippen molar-refractivity contribution < 1.29 is 0 Å². The van der Waals surface area contributed by atoms with Crippen molar-refractivity contribution >= 4 is 87.9 Å². The summed E-state index contributed by atoms with van der Waals surface area (Å²) in [6, 6.07) is 38.7. The first-order chi connectivity index (χ1) is 19.2. The Morgan fingerprint density at radius 3 is 1.59 bits per heavy atom. The molecule has 0 saturated heterocycles. The molecule has 1 aliphatic heterocycles. The summed E-state index contributed by atoms with van der Waals surface area (Å²) in [6.45, 7) is 0. The van der Waals surface area contributed by atoms with E-state index in [0.717, 1.165) is 53.7 Å². The summed E-state index contributed by atoms with van der Waals surface area (Å²) >= 11 is 8.91. The Kier molecular flexibility index (Phi) is 5.59. The van der Waals surface area contributed by atoms with E-state index in [1.165, 1.54) is 19.2 Å². The Balaban J connectivity index is 1.30. The molecule has 0 N–H and O–H groups in total. The number of nitrogens with zero attached hydrogens (tertiary/aromatic N) is 3. The molecule has 8 rings (SSSR count). The normalized spacial score (nSPS) is 12.6. The van der Waals surface area contributed by atoms with Crippen LogP contribution in [-0.4, -0.2) is 9.97 Å². The summed E-state index contributed by atoms with van der Waals surface area (Å²) in [5.41, 5.74) is 7.78. The molecule has 1 aliphatic rings. The number of hydrogen-bond acceptors (Lipinski definition) is 6. The Labute approximate surface area is 245 Å². The van der Waals surface area contributed by atoms with E-state index in [9.17, 15) is 0 Å². The monoisotopic (exact) mass is 619 g/mol. The van der Waals surface area contributed by atoms with E-state index >= 15 is 0 Å². The van der Waals surface area contributed by atoms with Crippen LogP contribution in [0.3, 0.4) is 0 Å². The fourth-order valence-corrected chi connectivity index (χ4v) is 8.14. The van der Waals surface area contributed by atoms with Gasteiger partial charge in [-0.05, 0) is 72.8 Å². The second-order valence-corrected chi connectivity index (χ2v) is 13.3. The molecule has 186 valence electrons. The molecule has 0 atom stereocenters. The largest absolute Gasteiger partial charge is 0.308 e. The van der Waals surface area contributed by atoms with Gasteiger partial charge in [0.2, 0.25) is 0 Å². The standard InChI is InChI=1S/C32H18BrN3S3/c33-21-11-13-22(14-12-21)36-25-17-19(31-34-23-5-1-3-7-27(23)38-31)9-15-29(25)37-30-16-10-20(18-26(30)36)32-35-24-6-2-4-8-28(24)39-32/h1-18H. The zero-order valence-corrected chi connectivity index (χ0v) is 24.4. The molecule has 3 heterocycles. The van der Waals surface area contributed by atoms with Gasteiger partial charge in [0.25, 0.3) is 0 Å². The highest BCUT2D eigenvalue weighted by Crippen LogP contribution is 2.53. The third-order valence-corrected chi connectivity index (χ3v) is 10.6. The number of thiazole rings is 2. The molecule has 7 aromatic rings. The van der Waals surface area contributed by atoms with Crippen LogP contribution in [0, 0.1) is 0 Å². The number of para-hydroxylation sites is 2. The Bertz CT molecular complexity index is 1840. The minimum absolute atomic E-state index is 1.04. The fraction of sp³-hybridized carbons (Fsp3) is 0. The van der Waals surface area contributed by atoms with E-state index < -0.39 is 0 Å². The number of rotatable bonds is 3. The van der Waals surface area contributed by atoms with Crippen LogP contribution in [-0.2, 0) is 0 Å². The van der Waals surface area contributed by atoms with E-state index in [1.807, 2.05) is 23.9 Å². The molecule has 0 aliphatic carbocycles. The number of benzene rings is 5. The van der Waals surface area contributed by atoms with Crippen LogP contribution in [0.1, 0.15) is 0 Å². The predicted octanol–water partition coefficient (Wildman–Crippen LogP) is 10.9. The SMILES string of the molecule is Brc1ccc(N2c3cc(-c4nc5ccccc5s4)ccc3Sc3ccc(-c4nc5ccccc5s4)cc32)cc1. The molecule has 0 bridgehead atoms. The molecule has 39 heavy (non-hydrogen) atoms. The second-order valence-electron chi connectivity index (χ2n) is 9.25. The lowest BCUT2D eigenvalue weighted by molar-refractivity contribution is 1.16. The lowest BCUT2D eigenvalue weighted by atomic mass is 10.1. The van der Waals surface area contributed by atoms with Crippen molar-refractivity contribution in [2.24, 2.45) is 0 Å². The van der Waals surface area contributed by atoms with Crippen molar-refractivity contribution in [3.05, 3.63) is 114 Å². The molecule has 0 spiro atoms. The van der Waals surface area contributed by atoms with E-state index in [4.69, 9.17) is 9.97 Å². The van der Waals surface area contributed by atoms with Crippen molar-refractivity contribution in [1.29, 1.82) is 0 Å². The zero-order chi connectivity index (χ0) is 25.9. The summed E-state index contributed by atoms with van der Waals surface area (Å²) in [5.74, 6) is 0. The van der Waals surface area contributed by atoms with Gasteiger partial charge in [-0.15, -0.1) is 22.7 Å². The van der Waals surface area contributed by atoms with Crippen LogP contribution in [0.25, 0.3) is 41.6 Å². The first-order valence-corrected chi connectivity index (χ1v) is 15.7. The molecule has 0 saturated carbocycles.